The molecule has 2 aromatic carbocycles. The average molecular weight is 754 g/mol. The van der Waals surface area contributed by atoms with Crippen LogP contribution in [0, 0.1) is 0 Å². The van der Waals surface area contributed by atoms with Crippen LogP contribution in [0.2, 0.25) is 0 Å². The van der Waals surface area contributed by atoms with Gasteiger partial charge in [0.05, 0.1) is 19.5 Å². The molecule has 1 heterocycles. The number of aromatic nitrogens is 2. The number of benzene rings is 2. The van der Waals surface area contributed by atoms with Crippen molar-refractivity contribution in [3.63, 3.8) is 0 Å². The van der Waals surface area contributed by atoms with Crippen LogP contribution in [-0.2, 0) is 25.9 Å². The predicted octanol–water partition coefficient (Wildman–Crippen LogP) is 16.5. The topological polar surface area (TPSA) is 8.81 Å². The van der Waals surface area contributed by atoms with Crippen LogP contribution in [0.5, 0.6) is 0 Å². The minimum atomic E-state index is 0.514. The Labute approximate surface area is 342 Å². The van der Waals surface area contributed by atoms with Crippen LogP contribution < -0.4 is 4.57 Å². The SMILES string of the molecule is CCCCCCCCCCCCCCCCCCn1cc(CC(C)c2ccccc2)[n+](CCCCCCCCCCCCCCCC)c1Cc1ccccc1. The van der Waals surface area contributed by atoms with Gasteiger partial charge in [-0.25, -0.2) is 9.13 Å². The molecule has 55 heavy (non-hydrogen) atoms. The van der Waals surface area contributed by atoms with E-state index in [4.69, 9.17) is 0 Å². The minimum Gasteiger partial charge on any atom is -0.234 e. The maximum absolute atomic E-state index is 2.76. The highest BCUT2D eigenvalue weighted by molar-refractivity contribution is 5.21. The molecule has 0 aliphatic rings. The van der Waals surface area contributed by atoms with Crippen LogP contribution in [-0.4, -0.2) is 4.57 Å². The van der Waals surface area contributed by atoms with Crippen molar-refractivity contribution < 1.29 is 4.57 Å². The second-order valence-electron chi connectivity index (χ2n) is 17.5. The van der Waals surface area contributed by atoms with E-state index in [1.54, 1.807) is 0 Å². The van der Waals surface area contributed by atoms with E-state index in [0.29, 0.717) is 5.92 Å². The van der Waals surface area contributed by atoms with E-state index < -0.39 is 0 Å². The molecule has 3 rings (SSSR count). The van der Waals surface area contributed by atoms with Crippen molar-refractivity contribution in [1.29, 1.82) is 0 Å². The molecule has 3 aromatic rings. The van der Waals surface area contributed by atoms with E-state index in [2.05, 4.69) is 96.8 Å². The first kappa shape index (κ1) is 47.0. The Hall–Kier alpha value is -2.35. The summed E-state index contributed by atoms with van der Waals surface area (Å²) in [4.78, 5) is 0. The number of nitrogens with zero attached hydrogens (tertiary/aromatic N) is 2. The van der Waals surface area contributed by atoms with Crippen molar-refractivity contribution in [3.05, 3.63) is 89.5 Å². The van der Waals surface area contributed by atoms with Gasteiger partial charge in [0, 0.05) is 6.42 Å². The smallest absolute Gasteiger partial charge is 0.234 e. The second kappa shape index (κ2) is 32.7. The van der Waals surface area contributed by atoms with Gasteiger partial charge < -0.3 is 0 Å². The Morgan fingerprint density at radius 3 is 1.27 bits per heavy atom. The first-order valence-electron chi connectivity index (χ1n) is 24.4. The third kappa shape index (κ3) is 22.2. The van der Waals surface area contributed by atoms with Crippen LogP contribution in [0.3, 0.4) is 0 Å². The van der Waals surface area contributed by atoms with Gasteiger partial charge in [-0.15, -0.1) is 0 Å². The molecule has 2 heteroatoms. The third-order valence-electron chi connectivity index (χ3n) is 12.4. The summed E-state index contributed by atoms with van der Waals surface area (Å²) in [7, 11) is 0. The normalized spacial score (nSPS) is 12.1. The van der Waals surface area contributed by atoms with E-state index in [9.17, 15) is 0 Å². The first-order valence-corrected chi connectivity index (χ1v) is 24.4. The van der Waals surface area contributed by atoms with E-state index in [-0.39, 0.29) is 0 Å². The average Bonchev–Trinajstić information content (AvgIpc) is 3.52. The highest BCUT2D eigenvalue weighted by Gasteiger charge is 2.25. The lowest BCUT2D eigenvalue weighted by molar-refractivity contribution is -0.710. The molecule has 0 bridgehead atoms. The molecular formula is C53H89N2+. The Balaban J connectivity index is 1.47. The maximum atomic E-state index is 2.76. The summed E-state index contributed by atoms with van der Waals surface area (Å²) >= 11 is 0. The van der Waals surface area contributed by atoms with Gasteiger partial charge in [-0.1, -0.05) is 248 Å². The van der Waals surface area contributed by atoms with E-state index in [1.165, 1.54) is 215 Å². The van der Waals surface area contributed by atoms with Crippen molar-refractivity contribution in [3.8, 4) is 0 Å². The molecule has 0 radical (unpaired) electrons. The van der Waals surface area contributed by atoms with Gasteiger partial charge in [-0.3, -0.25) is 0 Å². The quantitative estimate of drug-likeness (QED) is 0.0409. The fourth-order valence-electron chi connectivity index (χ4n) is 8.76. The molecule has 0 fully saturated rings. The van der Waals surface area contributed by atoms with Gasteiger partial charge >= 0.3 is 0 Å². The van der Waals surface area contributed by atoms with E-state index in [1.807, 2.05) is 0 Å². The molecule has 0 spiro atoms. The Kier molecular flexibility index (Phi) is 28.0. The van der Waals surface area contributed by atoms with Gasteiger partial charge in [0.25, 0.3) is 5.82 Å². The summed E-state index contributed by atoms with van der Waals surface area (Å²) in [6.45, 7) is 9.36. The van der Waals surface area contributed by atoms with Crippen molar-refractivity contribution in [2.45, 2.75) is 245 Å². The highest BCUT2D eigenvalue weighted by Crippen LogP contribution is 2.22. The van der Waals surface area contributed by atoms with Crippen molar-refractivity contribution in [1.82, 2.24) is 4.57 Å². The molecule has 0 amide bonds. The van der Waals surface area contributed by atoms with Crippen molar-refractivity contribution in [2.75, 3.05) is 0 Å². The number of hydrogen-bond acceptors (Lipinski definition) is 0. The Bertz CT molecular complexity index is 1260. The number of imidazole rings is 1. The summed E-state index contributed by atoms with van der Waals surface area (Å²) in [6, 6.07) is 22.5. The number of unbranched alkanes of at least 4 members (excludes halogenated alkanes) is 28. The molecule has 310 valence electrons. The Morgan fingerprint density at radius 1 is 0.455 bits per heavy atom. The zero-order chi connectivity index (χ0) is 38.9. The van der Waals surface area contributed by atoms with E-state index >= 15 is 0 Å². The number of rotatable bonds is 37. The van der Waals surface area contributed by atoms with Crippen LogP contribution in [0.4, 0.5) is 0 Å². The molecule has 0 saturated heterocycles. The van der Waals surface area contributed by atoms with Crippen LogP contribution in [0.15, 0.2) is 66.9 Å². The van der Waals surface area contributed by atoms with Gasteiger partial charge in [0.1, 0.15) is 11.9 Å². The standard InChI is InChI=1S/C53H89N2/c1-4-6-8-10-12-14-16-18-20-21-22-24-26-28-30-38-44-54-48-52(46-49(3)51-42-36-33-37-43-51)55(53(54)47-50-40-34-32-35-41-50)45-39-31-29-27-25-23-19-17-15-13-11-9-7-5-2/h32-37,40-43,48-49H,4-31,38-39,44-47H2,1-3H3/q+1. The van der Waals surface area contributed by atoms with Crippen LogP contribution >= 0.6 is 0 Å². The number of aryl methyl sites for hydroxylation is 1. The Morgan fingerprint density at radius 2 is 0.836 bits per heavy atom. The lowest BCUT2D eigenvalue weighted by Gasteiger charge is -2.12. The van der Waals surface area contributed by atoms with Gasteiger partial charge in [-0.05, 0) is 42.7 Å². The number of hydrogen-bond donors (Lipinski definition) is 0. The molecular weight excluding hydrogens is 665 g/mol. The van der Waals surface area contributed by atoms with Crippen LogP contribution in [0.25, 0.3) is 0 Å². The fraction of sp³-hybridized carbons (Fsp3) is 0.717. The van der Waals surface area contributed by atoms with Gasteiger partial charge in [-0.2, -0.15) is 0 Å². The van der Waals surface area contributed by atoms with Gasteiger partial charge in [0.2, 0.25) is 0 Å². The molecule has 0 aliphatic heterocycles. The molecule has 0 aliphatic carbocycles. The largest absolute Gasteiger partial charge is 0.261 e. The molecule has 1 unspecified atom stereocenters. The van der Waals surface area contributed by atoms with Gasteiger partial charge in [0.15, 0.2) is 0 Å². The summed E-state index contributed by atoms with van der Waals surface area (Å²) in [5, 5.41) is 0. The molecule has 1 atom stereocenters. The fourth-order valence-corrected chi connectivity index (χ4v) is 8.76. The summed E-state index contributed by atoms with van der Waals surface area (Å²) in [6.07, 6.45) is 47.3. The second-order valence-corrected chi connectivity index (χ2v) is 17.5. The monoisotopic (exact) mass is 754 g/mol. The lowest BCUT2D eigenvalue weighted by Crippen LogP contribution is -2.41. The summed E-state index contributed by atoms with van der Waals surface area (Å²) in [5.41, 5.74) is 4.43. The molecule has 0 N–H and O–H groups in total. The minimum absolute atomic E-state index is 0.514. The summed E-state index contributed by atoms with van der Waals surface area (Å²) < 4.78 is 5.44. The summed E-state index contributed by atoms with van der Waals surface area (Å²) in [5.74, 6) is 2.04. The van der Waals surface area contributed by atoms with Crippen molar-refractivity contribution >= 4 is 0 Å². The molecule has 2 nitrogen and oxygen atoms in total. The van der Waals surface area contributed by atoms with Crippen LogP contribution in [0.1, 0.15) is 242 Å². The predicted molar refractivity (Wildman–Crippen MR) is 242 cm³/mol. The molecule has 0 saturated carbocycles. The molecule has 1 aromatic heterocycles. The highest BCUT2D eigenvalue weighted by atomic mass is 15.2. The zero-order valence-electron chi connectivity index (χ0n) is 36.9. The lowest BCUT2D eigenvalue weighted by atomic mass is 9.96. The third-order valence-corrected chi connectivity index (χ3v) is 12.4. The van der Waals surface area contributed by atoms with Crippen molar-refractivity contribution in [2.24, 2.45) is 0 Å². The van der Waals surface area contributed by atoms with E-state index in [0.717, 1.165) is 25.9 Å². The first-order chi connectivity index (χ1) is 27.2. The zero-order valence-corrected chi connectivity index (χ0v) is 36.9. The maximum Gasteiger partial charge on any atom is 0.261 e.